The number of nitrogens with one attached hydrogen (secondary N) is 1. The van der Waals surface area contributed by atoms with Crippen LogP contribution in [-0.4, -0.2) is 21.7 Å². The minimum absolute atomic E-state index is 0.0975. The molecular weight excluding hydrogens is 285 g/mol. The van der Waals surface area contributed by atoms with E-state index in [0.29, 0.717) is 10.8 Å². The van der Waals surface area contributed by atoms with E-state index >= 15 is 0 Å². The van der Waals surface area contributed by atoms with E-state index in [0.717, 1.165) is 5.56 Å². The molecule has 0 radical (unpaired) electrons. The first-order valence-electron chi connectivity index (χ1n) is 5.68. The number of benzene rings is 1. The highest BCUT2D eigenvalue weighted by atomic mass is 35.5. The van der Waals surface area contributed by atoms with Crippen LogP contribution in [-0.2, 0) is 5.54 Å². The van der Waals surface area contributed by atoms with Crippen LogP contribution in [0.3, 0.4) is 0 Å². The second-order valence-electron chi connectivity index (χ2n) is 4.32. The molecule has 0 fully saturated rings. The number of hydrogen-bond donors (Lipinski definition) is 2. The van der Waals surface area contributed by atoms with Gasteiger partial charge in [-0.1, -0.05) is 41.9 Å². The topological polar surface area (TPSA) is 58.0 Å². The van der Waals surface area contributed by atoms with Gasteiger partial charge in [0.25, 0.3) is 0 Å². The Labute approximate surface area is 121 Å². The molecule has 6 heteroatoms. The van der Waals surface area contributed by atoms with Gasteiger partial charge < -0.3 is 10.4 Å². The van der Waals surface area contributed by atoms with E-state index in [-0.39, 0.29) is 11.9 Å². The van der Waals surface area contributed by atoms with Crippen molar-refractivity contribution in [2.45, 2.75) is 12.5 Å². The van der Waals surface area contributed by atoms with E-state index < -0.39 is 5.54 Å². The van der Waals surface area contributed by atoms with Gasteiger partial charge in [-0.2, -0.15) is 4.98 Å². The Morgan fingerprint density at radius 2 is 1.95 bits per heavy atom. The zero-order valence-electron chi connectivity index (χ0n) is 10.3. The predicted molar refractivity (Wildman–Crippen MR) is 76.6 cm³/mol. The molecule has 1 aromatic heterocycles. The minimum atomic E-state index is -0.706. The van der Waals surface area contributed by atoms with Crippen LogP contribution in [0.25, 0.3) is 0 Å². The van der Waals surface area contributed by atoms with Gasteiger partial charge in [0.05, 0.1) is 18.3 Å². The lowest BCUT2D eigenvalue weighted by Gasteiger charge is -2.30. The Kier molecular flexibility index (Phi) is 4.24. The smallest absolute Gasteiger partial charge is 0.224 e. The Morgan fingerprint density at radius 3 is 2.58 bits per heavy atom. The summed E-state index contributed by atoms with van der Waals surface area (Å²) < 4.78 is 0. The molecule has 0 aliphatic heterocycles. The Morgan fingerprint density at radius 1 is 1.26 bits per heavy atom. The zero-order chi connectivity index (χ0) is 13.9. The van der Waals surface area contributed by atoms with Gasteiger partial charge in [-0.25, -0.2) is 4.98 Å². The fourth-order valence-electron chi connectivity index (χ4n) is 1.70. The molecule has 2 aromatic rings. The summed E-state index contributed by atoms with van der Waals surface area (Å²) in [5.41, 5.74) is 0.214. The number of hydrogen-bond acceptors (Lipinski definition) is 4. The van der Waals surface area contributed by atoms with Gasteiger partial charge in [-0.15, -0.1) is 0 Å². The molecule has 0 bridgehead atoms. The van der Waals surface area contributed by atoms with E-state index in [2.05, 4.69) is 15.3 Å². The Balaban J connectivity index is 2.36. The molecule has 0 saturated carbocycles. The third kappa shape index (κ3) is 3.15. The van der Waals surface area contributed by atoms with Crippen LogP contribution in [0.2, 0.25) is 10.3 Å². The number of anilines is 1. The van der Waals surface area contributed by atoms with Crippen molar-refractivity contribution in [1.29, 1.82) is 0 Å². The van der Waals surface area contributed by atoms with Crippen LogP contribution in [0.1, 0.15) is 12.5 Å². The summed E-state index contributed by atoms with van der Waals surface area (Å²) in [6, 6.07) is 9.55. The molecule has 1 unspecified atom stereocenters. The molecule has 0 saturated heterocycles. The van der Waals surface area contributed by atoms with Crippen LogP contribution in [0.4, 0.5) is 5.82 Å². The average molecular weight is 298 g/mol. The Hall–Kier alpha value is -1.36. The largest absolute Gasteiger partial charge is 0.394 e. The summed E-state index contributed by atoms with van der Waals surface area (Å²) in [5.74, 6) is 0.391. The molecule has 0 aliphatic rings. The number of aliphatic hydroxyl groups excluding tert-OH is 1. The maximum absolute atomic E-state index is 9.68. The summed E-state index contributed by atoms with van der Waals surface area (Å²) in [6.07, 6.45) is 1.42. The number of nitrogens with zero attached hydrogens (tertiary/aromatic N) is 2. The number of aromatic nitrogens is 2. The lowest BCUT2D eigenvalue weighted by molar-refractivity contribution is 0.223. The van der Waals surface area contributed by atoms with Gasteiger partial charge >= 0.3 is 0 Å². The maximum atomic E-state index is 9.68. The van der Waals surface area contributed by atoms with Crippen LogP contribution in [0, 0.1) is 0 Å². The Bertz CT molecular complexity index is 565. The van der Waals surface area contributed by atoms with E-state index in [1.165, 1.54) is 6.20 Å². The fourth-order valence-corrected chi connectivity index (χ4v) is 1.98. The lowest BCUT2D eigenvalue weighted by atomic mass is 9.93. The molecule has 2 N–H and O–H groups in total. The standard InChI is InChI=1S/C13H13Cl2N3O/c1-13(8-19,9-5-3-2-4-6-9)18-11-10(14)7-16-12(15)17-11/h2-7,19H,8H2,1H3,(H,16,17,18). The quantitative estimate of drug-likeness (QED) is 0.852. The minimum Gasteiger partial charge on any atom is -0.394 e. The summed E-state index contributed by atoms with van der Waals surface area (Å²) in [5, 5.41) is 13.2. The van der Waals surface area contributed by atoms with Crippen molar-refractivity contribution in [3.8, 4) is 0 Å². The van der Waals surface area contributed by atoms with Crippen molar-refractivity contribution in [3.05, 3.63) is 52.4 Å². The predicted octanol–water partition coefficient (Wildman–Crippen LogP) is 3.10. The SMILES string of the molecule is CC(CO)(Nc1nc(Cl)ncc1Cl)c1ccccc1. The monoisotopic (exact) mass is 297 g/mol. The van der Waals surface area contributed by atoms with Gasteiger partial charge in [0.1, 0.15) is 5.02 Å². The van der Waals surface area contributed by atoms with Crippen LogP contribution in [0.15, 0.2) is 36.5 Å². The van der Waals surface area contributed by atoms with Gasteiger partial charge in [-0.3, -0.25) is 0 Å². The normalized spacial score (nSPS) is 13.9. The first kappa shape index (κ1) is 14.1. The fraction of sp³-hybridized carbons (Fsp3) is 0.231. The maximum Gasteiger partial charge on any atom is 0.224 e. The third-order valence-electron chi connectivity index (χ3n) is 2.84. The zero-order valence-corrected chi connectivity index (χ0v) is 11.8. The van der Waals surface area contributed by atoms with Crippen molar-refractivity contribution >= 4 is 29.0 Å². The lowest BCUT2D eigenvalue weighted by Crippen LogP contribution is -2.36. The van der Waals surface area contributed by atoms with Gasteiger partial charge in [0, 0.05) is 0 Å². The highest BCUT2D eigenvalue weighted by molar-refractivity contribution is 6.33. The second-order valence-corrected chi connectivity index (χ2v) is 5.06. The van der Waals surface area contributed by atoms with E-state index in [1.54, 1.807) is 0 Å². The summed E-state index contributed by atoms with van der Waals surface area (Å²) >= 11 is 11.8. The molecular formula is C13H13Cl2N3O. The molecule has 100 valence electrons. The van der Waals surface area contributed by atoms with Crippen molar-refractivity contribution in [2.75, 3.05) is 11.9 Å². The number of rotatable bonds is 4. The molecule has 0 spiro atoms. The van der Waals surface area contributed by atoms with Crippen molar-refractivity contribution in [1.82, 2.24) is 9.97 Å². The molecule has 19 heavy (non-hydrogen) atoms. The van der Waals surface area contributed by atoms with E-state index in [1.807, 2.05) is 37.3 Å². The molecule has 0 amide bonds. The number of aliphatic hydroxyl groups is 1. The summed E-state index contributed by atoms with van der Waals surface area (Å²) in [6.45, 7) is 1.74. The third-order valence-corrected chi connectivity index (χ3v) is 3.29. The van der Waals surface area contributed by atoms with E-state index in [4.69, 9.17) is 23.2 Å². The van der Waals surface area contributed by atoms with Crippen LogP contribution in [0.5, 0.6) is 0 Å². The molecule has 4 nitrogen and oxygen atoms in total. The average Bonchev–Trinajstić information content (AvgIpc) is 2.44. The van der Waals surface area contributed by atoms with Crippen LogP contribution < -0.4 is 5.32 Å². The van der Waals surface area contributed by atoms with Crippen molar-refractivity contribution in [2.24, 2.45) is 0 Å². The molecule has 1 aromatic carbocycles. The number of halogens is 2. The first-order chi connectivity index (χ1) is 9.05. The molecule has 0 aliphatic carbocycles. The van der Waals surface area contributed by atoms with Crippen molar-refractivity contribution < 1.29 is 5.11 Å². The second kappa shape index (κ2) is 5.74. The molecule has 1 atom stereocenters. The van der Waals surface area contributed by atoms with Gasteiger partial charge in [0.2, 0.25) is 5.28 Å². The summed E-state index contributed by atoms with van der Waals surface area (Å²) in [7, 11) is 0. The molecule has 2 rings (SSSR count). The highest BCUT2D eigenvalue weighted by Gasteiger charge is 2.27. The van der Waals surface area contributed by atoms with Crippen LogP contribution >= 0.6 is 23.2 Å². The van der Waals surface area contributed by atoms with E-state index in [9.17, 15) is 5.11 Å². The molecule has 1 heterocycles. The van der Waals surface area contributed by atoms with Gasteiger partial charge in [-0.05, 0) is 24.1 Å². The van der Waals surface area contributed by atoms with Crippen molar-refractivity contribution in [3.63, 3.8) is 0 Å². The van der Waals surface area contributed by atoms with Gasteiger partial charge in [0.15, 0.2) is 5.82 Å². The highest BCUT2D eigenvalue weighted by Crippen LogP contribution is 2.28. The first-order valence-corrected chi connectivity index (χ1v) is 6.43. The summed E-state index contributed by atoms with van der Waals surface area (Å²) in [4.78, 5) is 7.82.